The quantitative estimate of drug-likeness (QED) is 0.668. The van der Waals surface area contributed by atoms with Gasteiger partial charge in [0.1, 0.15) is 5.75 Å². The molecule has 1 N–H and O–H groups in total. The smallest absolute Gasteiger partial charge is 0.119 e. The van der Waals surface area contributed by atoms with Crippen LogP contribution >= 0.6 is 0 Å². The van der Waals surface area contributed by atoms with Gasteiger partial charge in [-0.2, -0.15) is 5.10 Å². The largest absolute Gasteiger partial charge is 0.497 e. The zero-order valence-electron chi connectivity index (χ0n) is 11.6. The highest BCUT2D eigenvalue weighted by Gasteiger charge is 2.25. The van der Waals surface area contributed by atoms with Crippen molar-refractivity contribution in [1.82, 2.24) is 5.01 Å². The Hall–Kier alpha value is -1.55. The molecule has 1 aliphatic rings. The fourth-order valence-corrected chi connectivity index (χ4v) is 2.49. The molecule has 0 radical (unpaired) electrons. The van der Waals surface area contributed by atoms with E-state index < -0.39 is 0 Å². The average molecular weight is 262 g/mol. The van der Waals surface area contributed by atoms with E-state index >= 15 is 0 Å². The Kier molecular flexibility index (Phi) is 4.80. The van der Waals surface area contributed by atoms with Gasteiger partial charge in [-0.1, -0.05) is 25.0 Å². The Morgan fingerprint density at radius 2 is 2.16 bits per heavy atom. The minimum Gasteiger partial charge on any atom is -0.497 e. The minimum atomic E-state index is -0.263. The van der Waals surface area contributed by atoms with Crippen LogP contribution in [0.2, 0.25) is 0 Å². The zero-order chi connectivity index (χ0) is 13.7. The number of hydrazone groups is 1. The average Bonchev–Trinajstić information content (AvgIpc) is 2.45. The molecule has 1 aromatic carbocycles. The van der Waals surface area contributed by atoms with Crippen LogP contribution in [0.3, 0.4) is 0 Å². The van der Waals surface area contributed by atoms with Crippen molar-refractivity contribution in [2.24, 2.45) is 5.10 Å². The molecule has 1 saturated carbocycles. The molecule has 104 valence electrons. The first-order chi connectivity index (χ1) is 9.20. The van der Waals surface area contributed by atoms with Crippen LogP contribution in [-0.2, 0) is 0 Å². The normalized spacial score (nSPS) is 23.5. The number of methoxy groups -OCH3 is 1. The Morgan fingerprint density at radius 1 is 1.37 bits per heavy atom. The van der Waals surface area contributed by atoms with Crippen LogP contribution < -0.4 is 4.74 Å². The van der Waals surface area contributed by atoms with Gasteiger partial charge in [0, 0.05) is 7.05 Å². The van der Waals surface area contributed by atoms with Gasteiger partial charge in [-0.05, 0) is 30.5 Å². The number of rotatable bonds is 4. The third-order valence-corrected chi connectivity index (χ3v) is 3.66. The summed E-state index contributed by atoms with van der Waals surface area (Å²) in [6, 6.07) is 7.91. The molecule has 1 aliphatic carbocycles. The molecule has 4 heteroatoms. The van der Waals surface area contributed by atoms with Gasteiger partial charge in [0.05, 0.1) is 25.5 Å². The first-order valence-electron chi connectivity index (χ1n) is 6.79. The third-order valence-electron chi connectivity index (χ3n) is 3.66. The number of ether oxygens (including phenoxy) is 1. The van der Waals surface area contributed by atoms with Crippen molar-refractivity contribution >= 4 is 6.21 Å². The number of likely N-dealkylation sites (N-methyl/N-ethyl adjacent to an activating group) is 1. The van der Waals surface area contributed by atoms with Crippen LogP contribution in [0.15, 0.2) is 29.4 Å². The second kappa shape index (κ2) is 6.57. The van der Waals surface area contributed by atoms with Crippen LogP contribution in [0.5, 0.6) is 5.75 Å². The van der Waals surface area contributed by atoms with Crippen LogP contribution in [0, 0.1) is 0 Å². The highest BCUT2D eigenvalue weighted by molar-refractivity contribution is 5.79. The van der Waals surface area contributed by atoms with Crippen LogP contribution in [0.25, 0.3) is 0 Å². The summed E-state index contributed by atoms with van der Waals surface area (Å²) in [6.07, 6.45) is 5.72. The highest BCUT2D eigenvalue weighted by Crippen LogP contribution is 2.22. The molecule has 0 bridgehead atoms. The van der Waals surface area contributed by atoms with Crippen molar-refractivity contribution < 1.29 is 9.84 Å². The lowest BCUT2D eigenvalue weighted by atomic mass is 9.92. The van der Waals surface area contributed by atoms with Gasteiger partial charge in [0.25, 0.3) is 0 Å². The molecular formula is C15H22N2O2. The number of benzene rings is 1. The zero-order valence-corrected chi connectivity index (χ0v) is 11.6. The van der Waals surface area contributed by atoms with Crippen molar-refractivity contribution in [3.8, 4) is 5.75 Å². The van der Waals surface area contributed by atoms with E-state index in [0.717, 1.165) is 30.6 Å². The molecule has 0 aromatic heterocycles. The standard InChI is InChI=1S/C15H22N2O2/c1-17(14-8-3-4-9-15(14)18)16-11-12-6-5-7-13(10-12)19-2/h5-7,10-11,14-15,18H,3-4,8-9H2,1-2H3/b16-11+/t14-,15-/m1/s1. The molecule has 0 unspecified atom stereocenters. The molecule has 0 saturated heterocycles. The summed E-state index contributed by atoms with van der Waals surface area (Å²) in [4.78, 5) is 0. The lowest BCUT2D eigenvalue weighted by Gasteiger charge is -2.33. The Labute approximate surface area is 114 Å². The van der Waals surface area contributed by atoms with Crippen LogP contribution in [-0.4, -0.2) is 42.6 Å². The highest BCUT2D eigenvalue weighted by atomic mass is 16.5. The number of hydrogen-bond donors (Lipinski definition) is 1. The van der Waals surface area contributed by atoms with Crippen molar-refractivity contribution in [3.63, 3.8) is 0 Å². The maximum atomic E-state index is 9.98. The molecule has 1 aromatic rings. The van der Waals surface area contributed by atoms with Crippen LogP contribution in [0.1, 0.15) is 31.2 Å². The molecule has 0 amide bonds. The summed E-state index contributed by atoms with van der Waals surface area (Å²) >= 11 is 0. The van der Waals surface area contributed by atoms with Gasteiger partial charge in [0.2, 0.25) is 0 Å². The lowest BCUT2D eigenvalue weighted by molar-refractivity contribution is 0.0338. The topological polar surface area (TPSA) is 45.1 Å². The number of nitrogens with zero attached hydrogens (tertiary/aromatic N) is 2. The maximum Gasteiger partial charge on any atom is 0.119 e. The van der Waals surface area contributed by atoms with Gasteiger partial charge in [-0.25, -0.2) is 0 Å². The Bertz CT molecular complexity index is 434. The molecule has 4 nitrogen and oxygen atoms in total. The number of aliphatic hydroxyl groups excluding tert-OH is 1. The van der Waals surface area contributed by atoms with E-state index in [1.165, 1.54) is 6.42 Å². The summed E-state index contributed by atoms with van der Waals surface area (Å²) in [6.45, 7) is 0. The van der Waals surface area contributed by atoms with Crippen LogP contribution in [0.4, 0.5) is 0 Å². The van der Waals surface area contributed by atoms with Gasteiger partial charge in [-0.3, -0.25) is 5.01 Å². The van der Waals surface area contributed by atoms with Crippen molar-refractivity contribution in [1.29, 1.82) is 0 Å². The summed E-state index contributed by atoms with van der Waals surface area (Å²) in [5.41, 5.74) is 0.997. The first kappa shape index (κ1) is 13.9. The van der Waals surface area contributed by atoms with E-state index in [-0.39, 0.29) is 12.1 Å². The van der Waals surface area contributed by atoms with E-state index in [1.54, 1.807) is 7.11 Å². The monoisotopic (exact) mass is 262 g/mol. The van der Waals surface area contributed by atoms with Gasteiger partial charge < -0.3 is 9.84 Å². The predicted octanol–water partition coefficient (Wildman–Crippen LogP) is 2.26. The third kappa shape index (κ3) is 3.70. The van der Waals surface area contributed by atoms with Crippen molar-refractivity contribution in [2.75, 3.05) is 14.2 Å². The fourth-order valence-electron chi connectivity index (χ4n) is 2.49. The number of hydrogen-bond acceptors (Lipinski definition) is 4. The van der Waals surface area contributed by atoms with Crippen molar-refractivity contribution in [2.45, 2.75) is 37.8 Å². The SMILES string of the molecule is COc1cccc(/C=N/N(C)[C@@H]2CCCC[C@H]2O)c1. The maximum absolute atomic E-state index is 9.98. The lowest BCUT2D eigenvalue weighted by Crippen LogP contribution is -2.40. The number of aliphatic hydroxyl groups is 1. The second-order valence-electron chi connectivity index (χ2n) is 5.01. The van der Waals surface area contributed by atoms with E-state index in [9.17, 15) is 5.11 Å². The molecule has 0 aliphatic heterocycles. The molecule has 0 spiro atoms. The van der Waals surface area contributed by atoms with Crippen molar-refractivity contribution in [3.05, 3.63) is 29.8 Å². The second-order valence-corrected chi connectivity index (χ2v) is 5.01. The molecule has 2 atom stereocenters. The van der Waals surface area contributed by atoms with Gasteiger partial charge in [0.15, 0.2) is 0 Å². The fraction of sp³-hybridized carbons (Fsp3) is 0.533. The summed E-state index contributed by atoms with van der Waals surface area (Å²) in [7, 11) is 3.58. The predicted molar refractivity (Wildman–Crippen MR) is 76.6 cm³/mol. The summed E-state index contributed by atoms with van der Waals surface area (Å²) < 4.78 is 5.18. The summed E-state index contributed by atoms with van der Waals surface area (Å²) in [5.74, 6) is 0.823. The van der Waals surface area contributed by atoms with Gasteiger partial charge >= 0.3 is 0 Å². The summed E-state index contributed by atoms with van der Waals surface area (Å²) in [5, 5.41) is 16.3. The first-order valence-corrected chi connectivity index (χ1v) is 6.79. The van der Waals surface area contributed by atoms with E-state index in [1.807, 2.05) is 42.5 Å². The Balaban J connectivity index is 2.00. The minimum absolute atomic E-state index is 0.135. The molecular weight excluding hydrogens is 240 g/mol. The van der Waals surface area contributed by atoms with Gasteiger partial charge in [-0.15, -0.1) is 0 Å². The molecule has 0 heterocycles. The molecule has 19 heavy (non-hydrogen) atoms. The van der Waals surface area contributed by atoms with E-state index in [4.69, 9.17) is 4.74 Å². The Morgan fingerprint density at radius 3 is 2.89 bits per heavy atom. The molecule has 2 rings (SSSR count). The molecule has 1 fully saturated rings. The van der Waals surface area contributed by atoms with E-state index in [0.29, 0.717) is 0 Å². The van der Waals surface area contributed by atoms with E-state index in [2.05, 4.69) is 5.10 Å².